The van der Waals surface area contributed by atoms with Crippen LogP contribution in [0.3, 0.4) is 0 Å². The number of anilines is 1. The van der Waals surface area contributed by atoms with Gasteiger partial charge in [-0.15, -0.1) is 0 Å². The summed E-state index contributed by atoms with van der Waals surface area (Å²) in [5.41, 5.74) is 2.40. The highest BCUT2D eigenvalue weighted by Crippen LogP contribution is 2.14. The molecule has 0 aromatic carbocycles. The molecule has 1 heterocycles. The van der Waals surface area contributed by atoms with Crippen LogP contribution in [0.5, 0.6) is 0 Å². The van der Waals surface area contributed by atoms with E-state index in [0.717, 1.165) is 37.6 Å². The van der Waals surface area contributed by atoms with E-state index in [9.17, 15) is 0 Å². The molecule has 1 N–H and O–H groups in total. The van der Waals surface area contributed by atoms with Crippen LogP contribution in [-0.2, 0) is 6.54 Å². The van der Waals surface area contributed by atoms with E-state index >= 15 is 0 Å². The average molecular weight is 221 g/mol. The van der Waals surface area contributed by atoms with Gasteiger partial charge in [0, 0.05) is 25.8 Å². The van der Waals surface area contributed by atoms with Crippen molar-refractivity contribution in [2.45, 2.75) is 33.7 Å². The maximum Gasteiger partial charge on any atom is 0.128 e. The maximum atomic E-state index is 4.56. The molecule has 3 nitrogen and oxygen atoms in total. The molecule has 0 fully saturated rings. The van der Waals surface area contributed by atoms with Crippen LogP contribution < -0.4 is 10.2 Å². The first-order valence-electron chi connectivity index (χ1n) is 6.06. The Morgan fingerprint density at radius 2 is 2.06 bits per heavy atom. The third-order valence-electron chi connectivity index (χ3n) is 2.53. The van der Waals surface area contributed by atoms with E-state index in [-0.39, 0.29) is 0 Å². The molecule has 1 aromatic heterocycles. The highest BCUT2D eigenvalue weighted by atomic mass is 15.2. The number of nitrogens with one attached hydrogen (secondary N) is 1. The van der Waals surface area contributed by atoms with Crippen LogP contribution in [0, 0.1) is 6.92 Å². The molecule has 0 saturated heterocycles. The van der Waals surface area contributed by atoms with Crippen molar-refractivity contribution < 1.29 is 0 Å². The van der Waals surface area contributed by atoms with E-state index in [4.69, 9.17) is 0 Å². The second-order valence-electron chi connectivity index (χ2n) is 4.18. The zero-order valence-corrected chi connectivity index (χ0v) is 10.9. The first-order valence-corrected chi connectivity index (χ1v) is 6.06. The molecular formula is C13H23N3. The van der Waals surface area contributed by atoms with E-state index in [1.54, 1.807) is 0 Å². The standard InChI is InChI=1S/C13H23N3/c1-5-7-16(4)13-9-12(10-14-6-2)8-11(3)15-13/h8-9,14H,5-7,10H2,1-4H3. The van der Waals surface area contributed by atoms with E-state index in [1.807, 2.05) is 0 Å². The Balaban J connectivity index is 2.80. The number of hydrogen-bond donors (Lipinski definition) is 1. The summed E-state index contributed by atoms with van der Waals surface area (Å²) >= 11 is 0. The minimum absolute atomic E-state index is 0.923. The van der Waals surface area contributed by atoms with E-state index in [0.29, 0.717) is 0 Å². The third-order valence-corrected chi connectivity index (χ3v) is 2.53. The van der Waals surface area contributed by atoms with Crippen molar-refractivity contribution in [3.05, 3.63) is 23.4 Å². The van der Waals surface area contributed by atoms with Gasteiger partial charge < -0.3 is 10.2 Å². The molecule has 16 heavy (non-hydrogen) atoms. The predicted molar refractivity (Wildman–Crippen MR) is 69.9 cm³/mol. The first kappa shape index (κ1) is 13.0. The van der Waals surface area contributed by atoms with Gasteiger partial charge in [-0.2, -0.15) is 0 Å². The Morgan fingerprint density at radius 3 is 2.69 bits per heavy atom. The summed E-state index contributed by atoms with van der Waals surface area (Å²) in [7, 11) is 2.10. The highest BCUT2D eigenvalue weighted by Gasteiger charge is 2.04. The lowest BCUT2D eigenvalue weighted by molar-refractivity contribution is 0.723. The van der Waals surface area contributed by atoms with E-state index in [1.165, 1.54) is 5.56 Å². The van der Waals surface area contributed by atoms with Gasteiger partial charge in [-0.05, 0) is 37.6 Å². The predicted octanol–water partition coefficient (Wildman–Crippen LogP) is 2.35. The molecule has 0 bridgehead atoms. The molecule has 1 rings (SSSR count). The summed E-state index contributed by atoms with van der Waals surface area (Å²) in [5.74, 6) is 1.08. The fourth-order valence-corrected chi connectivity index (χ4v) is 1.74. The fourth-order valence-electron chi connectivity index (χ4n) is 1.74. The molecule has 90 valence electrons. The van der Waals surface area contributed by atoms with E-state index < -0.39 is 0 Å². The van der Waals surface area contributed by atoms with Crippen LogP contribution in [0.4, 0.5) is 5.82 Å². The van der Waals surface area contributed by atoms with Gasteiger partial charge in [0.05, 0.1) is 0 Å². The van der Waals surface area contributed by atoms with Crippen LogP contribution in [0.2, 0.25) is 0 Å². The molecule has 0 saturated carbocycles. The summed E-state index contributed by atoms with van der Waals surface area (Å²) in [4.78, 5) is 6.77. The number of rotatable bonds is 6. The molecule has 0 amide bonds. The zero-order valence-electron chi connectivity index (χ0n) is 10.9. The lowest BCUT2D eigenvalue weighted by Crippen LogP contribution is -2.20. The van der Waals surface area contributed by atoms with Crippen molar-refractivity contribution in [2.24, 2.45) is 0 Å². The van der Waals surface area contributed by atoms with Crippen molar-refractivity contribution in [3.8, 4) is 0 Å². The van der Waals surface area contributed by atoms with Crippen molar-refractivity contribution in [2.75, 3.05) is 25.0 Å². The second kappa shape index (κ2) is 6.48. The fraction of sp³-hybridized carbons (Fsp3) is 0.615. The van der Waals surface area contributed by atoms with Gasteiger partial charge >= 0.3 is 0 Å². The average Bonchev–Trinajstić information content (AvgIpc) is 2.26. The Labute approximate surface area is 98.9 Å². The summed E-state index contributed by atoms with van der Waals surface area (Å²) in [6.07, 6.45) is 1.15. The minimum Gasteiger partial charge on any atom is -0.360 e. The van der Waals surface area contributed by atoms with Crippen LogP contribution in [0.25, 0.3) is 0 Å². The summed E-state index contributed by atoms with van der Waals surface area (Å²) in [5, 5.41) is 3.34. The number of hydrogen-bond acceptors (Lipinski definition) is 3. The minimum atomic E-state index is 0.923. The summed E-state index contributed by atoms with van der Waals surface area (Å²) in [6, 6.07) is 4.32. The Kier molecular flexibility index (Phi) is 5.26. The van der Waals surface area contributed by atoms with Crippen LogP contribution in [-0.4, -0.2) is 25.1 Å². The van der Waals surface area contributed by atoms with Gasteiger partial charge in [-0.3, -0.25) is 0 Å². The van der Waals surface area contributed by atoms with Crippen molar-refractivity contribution >= 4 is 5.82 Å². The Morgan fingerprint density at radius 1 is 1.31 bits per heavy atom. The maximum absolute atomic E-state index is 4.56. The van der Waals surface area contributed by atoms with Crippen molar-refractivity contribution in [3.63, 3.8) is 0 Å². The van der Waals surface area contributed by atoms with Crippen molar-refractivity contribution in [1.29, 1.82) is 0 Å². The van der Waals surface area contributed by atoms with Gasteiger partial charge in [0.15, 0.2) is 0 Å². The molecule has 1 aromatic rings. The second-order valence-corrected chi connectivity index (χ2v) is 4.18. The number of nitrogens with zero attached hydrogens (tertiary/aromatic N) is 2. The van der Waals surface area contributed by atoms with Gasteiger partial charge in [-0.1, -0.05) is 13.8 Å². The third kappa shape index (κ3) is 3.81. The molecular weight excluding hydrogens is 198 g/mol. The number of aryl methyl sites for hydroxylation is 1. The molecule has 0 aliphatic heterocycles. The quantitative estimate of drug-likeness (QED) is 0.799. The molecule has 3 heteroatoms. The van der Waals surface area contributed by atoms with Gasteiger partial charge in [0.1, 0.15) is 5.82 Å². The van der Waals surface area contributed by atoms with E-state index in [2.05, 4.69) is 55.2 Å². The lowest BCUT2D eigenvalue weighted by atomic mass is 10.2. The monoisotopic (exact) mass is 221 g/mol. The molecule has 0 aliphatic carbocycles. The van der Waals surface area contributed by atoms with Gasteiger partial charge in [0.25, 0.3) is 0 Å². The van der Waals surface area contributed by atoms with Crippen LogP contribution in [0.15, 0.2) is 12.1 Å². The topological polar surface area (TPSA) is 28.2 Å². The zero-order chi connectivity index (χ0) is 12.0. The Hall–Kier alpha value is -1.09. The molecule has 0 spiro atoms. The summed E-state index contributed by atoms with van der Waals surface area (Å²) < 4.78 is 0. The number of aromatic nitrogens is 1. The first-order chi connectivity index (χ1) is 7.67. The Bertz CT molecular complexity index is 323. The van der Waals surface area contributed by atoms with Crippen LogP contribution >= 0.6 is 0 Å². The van der Waals surface area contributed by atoms with Crippen molar-refractivity contribution in [1.82, 2.24) is 10.3 Å². The smallest absolute Gasteiger partial charge is 0.128 e. The van der Waals surface area contributed by atoms with Gasteiger partial charge in [-0.25, -0.2) is 4.98 Å². The largest absolute Gasteiger partial charge is 0.360 e. The van der Waals surface area contributed by atoms with Gasteiger partial charge in [0.2, 0.25) is 0 Å². The number of pyridine rings is 1. The lowest BCUT2D eigenvalue weighted by Gasteiger charge is -2.18. The molecule has 0 atom stereocenters. The molecule has 0 aliphatic rings. The molecule has 0 unspecified atom stereocenters. The normalized spacial score (nSPS) is 10.5. The molecule has 0 radical (unpaired) electrons. The SMILES string of the molecule is CCCN(C)c1cc(CNCC)cc(C)n1. The van der Waals surface area contributed by atoms with Crippen LogP contribution in [0.1, 0.15) is 31.5 Å². The summed E-state index contributed by atoms with van der Waals surface area (Å²) in [6.45, 7) is 9.34. The highest BCUT2D eigenvalue weighted by molar-refractivity contribution is 5.41.